The fourth-order valence-corrected chi connectivity index (χ4v) is 19.7. The first-order chi connectivity index (χ1) is 55.0. The summed E-state index contributed by atoms with van der Waals surface area (Å²) in [5.74, 6) is -10.1. The quantitative estimate of drug-likeness (QED) is 0.0311. The van der Waals surface area contributed by atoms with E-state index in [0.29, 0.717) is 0 Å². The van der Waals surface area contributed by atoms with Crippen LogP contribution in [0.25, 0.3) is 0 Å². The first-order valence-corrected chi connectivity index (χ1v) is 42.3. The standard InChI is InChI=1S/C66H112O36S13.Ac/c1-20-23(4)59(90-45-21(2)24(5)60(94-55(45)57(69)70)92-52-32(13-67)80-62(30(11)47(52)97-110)91-46-22(3)25(6)61(95-56(46)58(71)72)93-53-38(19-78-108)79-31(12)51(101-114)54(53)102-115)81-33(14-73-103)40(20)87-64-49(99-112)28(9)42(35(84-64)16-75-105)89-66-50(100-113)29(10)43(36(85-66)17-76-106)88-65-48(98-111)27(8)41(34(83-65)15-74-104)86-63-39(68)26(7)44(96-109)37(82-63)18-77-107;/h20-56,59-68,103-115H,13-19H2,1-12H3,(H,69,70)(H,71,72);/p-2/t20-,21-,22?,23?,24?,25?,26-,27+,28?,29?,30?,31+,32?,33?,34?,35?,36?,37?,38?,39?,40-,41-,42+,43+,44-,45-,46+,47?,48?,49?,50?,51?,52-,53+,54-,55?,56-,59+,60-,61+,62-,63+,64-,65+,66-;/m1./s1. The van der Waals surface area contributed by atoms with Gasteiger partial charge in [-0.05, 0) is 193 Å². The summed E-state index contributed by atoms with van der Waals surface area (Å²) in [6.07, 6.45) is -36.3. The van der Waals surface area contributed by atoms with Crippen molar-refractivity contribution in [1.82, 2.24) is 0 Å². The SMILES string of the molecule is CC1C(OS)[C@H](O[C@@H]2OC(C(=O)[O-])[C@H](O[C@@H]3OC(COS)[C@H](O[C@H]4OC(COS)[C@@H](O[C@H]5OC(COS)[C@@H](O[C@@H]6OC(COS)[C@H](O[C@@H]7OC(COS)[C@H](OS)[C@H](C)C7O)[C@H](C)C6OS)C(C)C5OS)C(C)C4OS)[C@H](C)C3C)[C@H](C)C2C)C(CO)O[C@@H]1O[C@H]1C(C)C(C)[C@@H](O[C@H]2C(COS)O[C@@H](C)C(OS)[C@H]2OS)O[C@H]1C(=O)[O-].[Ac]. The van der Waals surface area contributed by atoms with Crippen molar-refractivity contribution in [2.24, 2.45) is 65.1 Å². The predicted octanol–water partition coefficient (Wildman–Crippen LogP) is 3.28. The van der Waals surface area contributed by atoms with Crippen molar-refractivity contribution in [1.29, 1.82) is 0 Å². The fourth-order valence-electron chi connectivity index (χ4n) is 16.8. The van der Waals surface area contributed by atoms with Gasteiger partial charge in [0.2, 0.25) is 0 Å². The van der Waals surface area contributed by atoms with Gasteiger partial charge in [-0.1, -0.05) is 76.2 Å². The van der Waals surface area contributed by atoms with Gasteiger partial charge in [-0.15, -0.1) is 0 Å². The van der Waals surface area contributed by atoms with Crippen LogP contribution in [0.4, 0.5) is 0 Å². The second kappa shape index (κ2) is 49.8. The molecule has 9 rings (SSSR count). The molecular weight excluding hydrogens is 2010 g/mol. The minimum atomic E-state index is -1.78. The molecule has 36 nitrogen and oxygen atoms in total. The Kier molecular flexibility index (Phi) is 45.1. The Morgan fingerprint density at radius 3 is 0.862 bits per heavy atom. The normalized spacial score (nSPS) is 47.7. The van der Waals surface area contributed by atoms with Crippen molar-refractivity contribution in [2.45, 2.75) is 292 Å². The van der Waals surface area contributed by atoms with Crippen LogP contribution in [0, 0.1) is 109 Å². The Bertz CT molecular complexity index is 2920. The smallest absolute Gasteiger partial charge is 0.186 e. The molecule has 9 aliphatic rings. The number of hydrogen-bond acceptors (Lipinski definition) is 49. The van der Waals surface area contributed by atoms with Gasteiger partial charge in [0.1, 0.15) is 116 Å². The molecule has 673 valence electrons. The summed E-state index contributed by atoms with van der Waals surface area (Å²) in [6, 6.07) is 0. The third-order valence-corrected chi connectivity index (χ3v) is 26.8. The molecule has 0 aliphatic carbocycles. The number of rotatable bonds is 38. The Morgan fingerprint density at radius 2 is 0.526 bits per heavy atom. The van der Waals surface area contributed by atoms with E-state index in [2.05, 4.69) is 168 Å². The van der Waals surface area contributed by atoms with E-state index in [1.54, 1.807) is 48.5 Å². The van der Waals surface area contributed by atoms with Gasteiger partial charge < -0.3 is 165 Å². The summed E-state index contributed by atoms with van der Waals surface area (Å²) in [6.45, 7) is 20.0. The van der Waals surface area contributed by atoms with Crippen molar-refractivity contribution < 1.29 is 209 Å². The van der Waals surface area contributed by atoms with Crippen LogP contribution in [-0.4, -0.2) is 277 Å². The Labute approximate surface area is 784 Å². The summed E-state index contributed by atoms with van der Waals surface area (Å²) >= 11 is 53.5. The first kappa shape index (κ1) is 105. The number of ether oxygens (including phenoxy) is 17. The van der Waals surface area contributed by atoms with Crippen molar-refractivity contribution in [2.75, 3.05) is 46.2 Å². The van der Waals surface area contributed by atoms with Crippen LogP contribution in [0.1, 0.15) is 83.1 Å². The van der Waals surface area contributed by atoms with Crippen LogP contribution in [0.15, 0.2) is 0 Å². The van der Waals surface area contributed by atoms with Crippen molar-refractivity contribution >= 4 is 180 Å². The molecule has 9 heterocycles. The van der Waals surface area contributed by atoms with Crippen LogP contribution in [-0.2, 0) is 144 Å². The zero-order chi connectivity index (χ0) is 84.3. The summed E-state index contributed by atoms with van der Waals surface area (Å²) in [7, 11) is 0. The van der Waals surface area contributed by atoms with E-state index in [4.69, 9.17) is 135 Å². The number of carbonyl (C=O) groups is 2. The first-order valence-electron chi connectivity index (χ1n) is 37.5. The number of aliphatic hydroxyl groups excluding tert-OH is 2. The largest absolute Gasteiger partial charge is 0.547 e. The van der Waals surface area contributed by atoms with Gasteiger partial charge in [0.15, 0.2) is 50.3 Å². The molecule has 50 heteroatoms. The second-order valence-corrected chi connectivity index (χ2v) is 33.8. The molecule has 0 aromatic carbocycles. The van der Waals surface area contributed by atoms with E-state index >= 15 is 0 Å². The summed E-state index contributed by atoms with van der Waals surface area (Å²) in [5.41, 5.74) is 0. The van der Waals surface area contributed by atoms with E-state index in [-0.39, 0.29) is 83.7 Å². The Morgan fingerprint density at radius 1 is 0.267 bits per heavy atom. The van der Waals surface area contributed by atoms with Crippen LogP contribution >= 0.6 is 168 Å². The second-order valence-electron chi connectivity index (χ2n) is 30.8. The van der Waals surface area contributed by atoms with Gasteiger partial charge in [0, 0.05) is 91.4 Å². The molecule has 45 atom stereocenters. The maximum absolute atomic E-state index is 13.4. The van der Waals surface area contributed by atoms with E-state index in [9.17, 15) is 30.0 Å². The summed E-state index contributed by atoms with van der Waals surface area (Å²) in [4.78, 5) is 26.4. The zero-order valence-electron chi connectivity index (χ0n) is 65.1. The molecule has 9 fully saturated rings. The molecule has 9 saturated heterocycles. The molecule has 116 heavy (non-hydrogen) atoms. The van der Waals surface area contributed by atoms with Gasteiger partial charge in [0.25, 0.3) is 0 Å². The van der Waals surface area contributed by atoms with E-state index < -0.39 is 293 Å². The third kappa shape index (κ3) is 24.1. The molecule has 0 aromatic rings. The minimum Gasteiger partial charge on any atom is -0.547 e. The number of carboxylic acids is 2. The summed E-state index contributed by atoms with van der Waals surface area (Å²) in [5, 5.41) is 48.8. The molecule has 0 amide bonds. The van der Waals surface area contributed by atoms with Gasteiger partial charge >= 0.3 is 0 Å². The number of carboxylic acid groups (broad SMARTS) is 2. The average molecular weight is 2120 g/mol. The van der Waals surface area contributed by atoms with Gasteiger partial charge in [-0.25, -0.2) is 0 Å². The number of aliphatic hydroxyl groups is 2. The Balaban J connectivity index is 0.0000168. The molecule has 0 saturated carbocycles. The molecule has 0 spiro atoms. The van der Waals surface area contributed by atoms with Crippen molar-refractivity contribution in [3.8, 4) is 0 Å². The average Bonchev–Trinajstić information content (AvgIpc) is 0.766. The minimum absolute atomic E-state index is 0. The van der Waals surface area contributed by atoms with Crippen LogP contribution in [0.2, 0.25) is 0 Å². The summed E-state index contributed by atoms with van der Waals surface area (Å²) < 4.78 is 182. The van der Waals surface area contributed by atoms with Crippen LogP contribution in [0.5, 0.6) is 0 Å². The predicted molar refractivity (Wildman–Crippen MR) is 433 cm³/mol. The number of carbonyl (C=O) groups excluding carboxylic acids is 2. The van der Waals surface area contributed by atoms with Crippen LogP contribution < -0.4 is 10.2 Å². The molecule has 21 unspecified atom stereocenters. The Hall–Kier alpha value is 3.65. The van der Waals surface area contributed by atoms with Gasteiger partial charge in [-0.3, -0.25) is 0 Å². The maximum Gasteiger partial charge on any atom is 0.186 e. The maximum atomic E-state index is 13.4. The fraction of sp³-hybridized carbons (Fsp3) is 0.970. The molecule has 0 aromatic heterocycles. The van der Waals surface area contributed by atoms with Gasteiger partial charge in [0.05, 0.1) is 101 Å². The van der Waals surface area contributed by atoms with Crippen LogP contribution in [0.3, 0.4) is 0 Å². The number of hydrogen-bond donors (Lipinski definition) is 15. The van der Waals surface area contributed by atoms with E-state index in [0.717, 1.165) is 0 Å². The molecule has 2 N–H and O–H groups in total. The topological polar surface area (TPSA) is 398 Å². The third-order valence-electron chi connectivity index (χ3n) is 24.2. The van der Waals surface area contributed by atoms with E-state index in [1.807, 2.05) is 34.6 Å². The van der Waals surface area contributed by atoms with Crippen molar-refractivity contribution in [3.63, 3.8) is 0 Å². The number of thiol groups is 13. The molecular formula is C66H110AcO36S13-2. The van der Waals surface area contributed by atoms with Gasteiger partial charge in [-0.2, -0.15) is 0 Å². The van der Waals surface area contributed by atoms with E-state index in [1.165, 1.54) is 0 Å². The molecule has 1 radical (unpaired) electrons. The van der Waals surface area contributed by atoms with Crippen molar-refractivity contribution in [3.05, 3.63) is 0 Å². The zero-order valence-corrected chi connectivity index (χ0v) is 81.5. The monoisotopic (exact) mass is 2120 g/mol. The molecule has 9 aliphatic heterocycles. The number of aliphatic carboxylic acids is 2. The molecule has 0 bridgehead atoms.